The van der Waals surface area contributed by atoms with E-state index >= 15 is 0 Å². The van der Waals surface area contributed by atoms with Crippen molar-refractivity contribution in [1.29, 1.82) is 0 Å². The van der Waals surface area contributed by atoms with Gasteiger partial charge in [-0.2, -0.15) is 0 Å². The summed E-state index contributed by atoms with van der Waals surface area (Å²) in [6, 6.07) is 12.2. The van der Waals surface area contributed by atoms with E-state index in [-0.39, 0.29) is 18.1 Å². The molecule has 2 aromatic heterocycles. The van der Waals surface area contributed by atoms with E-state index in [1.54, 1.807) is 12.3 Å². The minimum Gasteiger partial charge on any atom is -0.361 e. The number of nitrogens with zero attached hydrogens (tertiary/aromatic N) is 1. The lowest BCUT2D eigenvalue weighted by Gasteiger charge is -2.01. The number of amides is 1. The Hall–Kier alpha value is -2.73. The fourth-order valence-electron chi connectivity index (χ4n) is 2.56. The number of hydrogen-bond acceptors (Lipinski definition) is 3. The van der Waals surface area contributed by atoms with Crippen LogP contribution < -0.4 is 5.32 Å². The van der Waals surface area contributed by atoms with Gasteiger partial charge in [-0.05, 0) is 35.9 Å². The molecule has 0 spiro atoms. The molecule has 114 valence electrons. The lowest BCUT2D eigenvalue weighted by Crippen LogP contribution is -2.13. The van der Waals surface area contributed by atoms with Crippen molar-refractivity contribution < 1.29 is 9.18 Å². The highest BCUT2D eigenvalue weighted by atomic mass is 32.1. The van der Waals surface area contributed by atoms with Crippen LogP contribution in [0.3, 0.4) is 0 Å². The standard InChI is InChI=1S/C17H12FN3OS/c18-11-5-6-13-12(8-11)10(9-19-13)7-16(22)21-17-20-14-3-1-2-4-15(14)23-17/h1-6,8-9,19H,7H2,(H,20,21,22). The van der Waals surface area contributed by atoms with Gasteiger partial charge in [0.15, 0.2) is 5.13 Å². The summed E-state index contributed by atoms with van der Waals surface area (Å²) in [6.07, 6.45) is 1.90. The van der Waals surface area contributed by atoms with E-state index < -0.39 is 0 Å². The molecular formula is C17H12FN3OS. The van der Waals surface area contributed by atoms with Gasteiger partial charge >= 0.3 is 0 Å². The van der Waals surface area contributed by atoms with E-state index in [2.05, 4.69) is 15.3 Å². The number of thiazole rings is 1. The van der Waals surface area contributed by atoms with E-state index in [4.69, 9.17) is 0 Å². The highest BCUT2D eigenvalue weighted by Crippen LogP contribution is 2.26. The van der Waals surface area contributed by atoms with Gasteiger partial charge in [0.2, 0.25) is 5.91 Å². The average molecular weight is 325 g/mol. The van der Waals surface area contributed by atoms with Gasteiger partial charge in [-0.3, -0.25) is 4.79 Å². The molecule has 0 fully saturated rings. The predicted octanol–water partition coefficient (Wildman–Crippen LogP) is 4.10. The fourth-order valence-corrected chi connectivity index (χ4v) is 3.44. The molecule has 0 aliphatic carbocycles. The van der Waals surface area contributed by atoms with Crippen molar-refractivity contribution in [2.45, 2.75) is 6.42 Å². The van der Waals surface area contributed by atoms with Gasteiger partial charge in [-0.25, -0.2) is 9.37 Å². The summed E-state index contributed by atoms with van der Waals surface area (Å²) in [5, 5.41) is 4.11. The van der Waals surface area contributed by atoms with Crippen molar-refractivity contribution in [3.05, 3.63) is 60.0 Å². The maximum atomic E-state index is 13.4. The first-order valence-electron chi connectivity index (χ1n) is 7.10. The van der Waals surface area contributed by atoms with Gasteiger partial charge in [0.25, 0.3) is 0 Å². The zero-order valence-electron chi connectivity index (χ0n) is 12.0. The summed E-state index contributed by atoms with van der Waals surface area (Å²) in [6.45, 7) is 0. The smallest absolute Gasteiger partial charge is 0.230 e. The van der Waals surface area contributed by atoms with Crippen LogP contribution in [-0.2, 0) is 11.2 Å². The highest BCUT2D eigenvalue weighted by molar-refractivity contribution is 7.22. The summed E-state index contributed by atoms with van der Waals surface area (Å²) in [7, 11) is 0. The number of nitrogens with one attached hydrogen (secondary N) is 2. The number of carbonyl (C=O) groups is 1. The highest BCUT2D eigenvalue weighted by Gasteiger charge is 2.12. The van der Waals surface area contributed by atoms with E-state index in [0.717, 1.165) is 26.7 Å². The third-order valence-corrected chi connectivity index (χ3v) is 4.57. The van der Waals surface area contributed by atoms with E-state index in [1.807, 2.05) is 24.3 Å². The van der Waals surface area contributed by atoms with Crippen molar-refractivity contribution in [3.63, 3.8) is 0 Å². The Kier molecular flexibility index (Phi) is 3.31. The molecule has 2 heterocycles. The number of rotatable bonds is 3. The Morgan fingerprint density at radius 1 is 1.26 bits per heavy atom. The molecular weight excluding hydrogens is 313 g/mol. The molecule has 1 amide bonds. The van der Waals surface area contributed by atoms with Crippen molar-refractivity contribution in [2.24, 2.45) is 0 Å². The molecule has 0 aliphatic rings. The van der Waals surface area contributed by atoms with Crippen molar-refractivity contribution in [1.82, 2.24) is 9.97 Å². The first kappa shape index (κ1) is 13.9. The topological polar surface area (TPSA) is 57.8 Å². The Morgan fingerprint density at radius 2 is 2.13 bits per heavy atom. The molecule has 0 unspecified atom stereocenters. The minimum atomic E-state index is -0.315. The van der Waals surface area contributed by atoms with Crippen molar-refractivity contribution in [3.8, 4) is 0 Å². The fraction of sp³-hybridized carbons (Fsp3) is 0.0588. The molecule has 2 aromatic carbocycles. The Balaban J connectivity index is 1.56. The predicted molar refractivity (Wildman–Crippen MR) is 90.2 cm³/mol. The number of hydrogen-bond donors (Lipinski definition) is 2. The number of benzene rings is 2. The maximum Gasteiger partial charge on any atom is 0.230 e. The lowest BCUT2D eigenvalue weighted by atomic mass is 10.1. The Morgan fingerprint density at radius 3 is 3.00 bits per heavy atom. The van der Waals surface area contributed by atoms with Crippen molar-refractivity contribution in [2.75, 3.05) is 5.32 Å². The minimum absolute atomic E-state index is 0.166. The molecule has 4 nitrogen and oxygen atoms in total. The summed E-state index contributed by atoms with van der Waals surface area (Å²) < 4.78 is 14.4. The molecule has 0 atom stereocenters. The number of aromatic nitrogens is 2. The third kappa shape index (κ3) is 2.68. The summed E-state index contributed by atoms with van der Waals surface area (Å²) in [5.41, 5.74) is 2.44. The number of aromatic amines is 1. The van der Waals surface area contributed by atoms with Gasteiger partial charge in [0, 0.05) is 17.1 Å². The number of carbonyl (C=O) groups excluding carboxylic acids is 1. The number of halogens is 1. The van der Waals surface area contributed by atoms with Gasteiger partial charge in [-0.15, -0.1) is 0 Å². The monoisotopic (exact) mass is 325 g/mol. The van der Waals surface area contributed by atoms with Gasteiger partial charge in [-0.1, -0.05) is 23.5 Å². The molecule has 0 saturated carbocycles. The first-order chi connectivity index (χ1) is 11.2. The van der Waals surface area contributed by atoms with Crippen LogP contribution in [0, 0.1) is 5.82 Å². The van der Waals surface area contributed by atoms with Crippen LogP contribution in [0.15, 0.2) is 48.7 Å². The molecule has 0 radical (unpaired) electrons. The van der Waals surface area contributed by atoms with Crippen LogP contribution in [0.5, 0.6) is 0 Å². The number of anilines is 1. The largest absolute Gasteiger partial charge is 0.361 e. The molecule has 4 rings (SSSR count). The molecule has 0 bridgehead atoms. The van der Waals surface area contributed by atoms with E-state index in [1.165, 1.54) is 23.5 Å². The average Bonchev–Trinajstić information content (AvgIpc) is 3.10. The SMILES string of the molecule is O=C(Cc1c[nH]c2ccc(F)cc12)Nc1nc2ccccc2s1. The van der Waals surface area contributed by atoms with E-state index in [0.29, 0.717) is 5.13 Å². The summed E-state index contributed by atoms with van der Waals surface area (Å²) in [5.74, 6) is -0.487. The number of H-pyrrole nitrogens is 1. The van der Waals surface area contributed by atoms with Crippen LogP contribution in [0.25, 0.3) is 21.1 Å². The molecule has 4 aromatic rings. The van der Waals surface area contributed by atoms with Gasteiger partial charge in [0.05, 0.1) is 16.6 Å². The molecule has 0 aliphatic heterocycles. The molecule has 0 saturated heterocycles. The zero-order chi connectivity index (χ0) is 15.8. The van der Waals surface area contributed by atoms with Crippen LogP contribution in [0.2, 0.25) is 0 Å². The second-order valence-electron chi connectivity index (χ2n) is 5.22. The van der Waals surface area contributed by atoms with Gasteiger partial charge < -0.3 is 10.3 Å². The van der Waals surface area contributed by atoms with Crippen LogP contribution in [-0.4, -0.2) is 15.9 Å². The van der Waals surface area contributed by atoms with E-state index in [9.17, 15) is 9.18 Å². The number of para-hydroxylation sites is 1. The Bertz CT molecular complexity index is 988. The van der Waals surface area contributed by atoms with Crippen molar-refractivity contribution >= 4 is 43.5 Å². The molecule has 23 heavy (non-hydrogen) atoms. The first-order valence-corrected chi connectivity index (χ1v) is 7.91. The van der Waals surface area contributed by atoms with Crippen LogP contribution in [0.1, 0.15) is 5.56 Å². The van der Waals surface area contributed by atoms with Crippen LogP contribution in [0.4, 0.5) is 9.52 Å². The molecule has 2 N–H and O–H groups in total. The van der Waals surface area contributed by atoms with Crippen LogP contribution >= 0.6 is 11.3 Å². The van der Waals surface area contributed by atoms with Gasteiger partial charge in [0.1, 0.15) is 5.82 Å². The third-order valence-electron chi connectivity index (χ3n) is 3.62. The summed E-state index contributed by atoms with van der Waals surface area (Å²) >= 11 is 1.43. The molecule has 6 heteroatoms. The number of fused-ring (bicyclic) bond motifs is 2. The summed E-state index contributed by atoms with van der Waals surface area (Å²) in [4.78, 5) is 19.7. The second-order valence-corrected chi connectivity index (χ2v) is 6.25. The second kappa shape index (κ2) is 5.48. The normalized spacial score (nSPS) is 11.2. The Labute approximate surface area is 135 Å². The lowest BCUT2D eigenvalue weighted by molar-refractivity contribution is -0.115. The maximum absolute atomic E-state index is 13.4. The quantitative estimate of drug-likeness (QED) is 0.596. The zero-order valence-corrected chi connectivity index (χ0v) is 12.8.